The first kappa shape index (κ1) is 19.7. The fourth-order valence-electron chi connectivity index (χ4n) is 3.57. The van der Waals surface area contributed by atoms with Gasteiger partial charge in [-0.1, -0.05) is 42.1 Å². The molecule has 1 saturated carbocycles. The van der Waals surface area contributed by atoms with Gasteiger partial charge in [-0.05, 0) is 18.4 Å². The van der Waals surface area contributed by atoms with Crippen LogP contribution >= 0.6 is 11.8 Å². The van der Waals surface area contributed by atoms with E-state index in [9.17, 15) is 15.3 Å². The zero-order chi connectivity index (χ0) is 20.7. The summed E-state index contributed by atoms with van der Waals surface area (Å²) in [6, 6.07) is 10.4. The summed E-state index contributed by atoms with van der Waals surface area (Å²) in [5.74, 6) is 1.25. The van der Waals surface area contributed by atoms with Gasteiger partial charge in [-0.3, -0.25) is 4.57 Å². The van der Waals surface area contributed by atoms with Crippen LogP contribution in [0.1, 0.15) is 24.6 Å². The van der Waals surface area contributed by atoms with Gasteiger partial charge in [0.1, 0.15) is 35.2 Å². The standard InChI is InChI=1S/C20H23N5O4S/c26-8-13-15(27)16(28)19(29-13)25-17-14(24-20(25)23-12-6-7-12)18(22-10-21-17)30-9-11-4-2-1-3-5-11/h1-5,10,12-13,15-16,19,26-28H,6-9H2,(H,23,24). The highest BCUT2D eigenvalue weighted by Gasteiger charge is 2.45. The molecule has 1 aliphatic heterocycles. The summed E-state index contributed by atoms with van der Waals surface area (Å²) in [4.78, 5) is 13.6. The van der Waals surface area contributed by atoms with E-state index in [4.69, 9.17) is 9.72 Å². The summed E-state index contributed by atoms with van der Waals surface area (Å²) in [5, 5.41) is 34.4. The maximum atomic E-state index is 10.6. The maximum Gasteiger partial charge on any atom is 0.207 e. The molecule has 9 nitrogen and oxygen atoms in total. The van der Waals surface area contributed by atoms with Crippen molar-refractivity contribution in [3.05, 3.63) is 42.2 Å². The Morgan fingerprint density at radius 2 is 1.93 bits per heavy atom. The lowest BCUT2D eigenvalue weighted by Gasteiger charge is -2.19. The van der Waals surface area contributed by atoms with Crippen molar-refractivity contribution in [1.29, 1.82) is 0 Å². The molecule has 30 heavy (non-hydrogen) atoms. The van der Waals surface area contributed by atoms with Crippen LogP contribution in [0.4, 0.5) is 5.95 Å². The van der Waals surface area contributed by atoms with Gasteiger partial charge in [0.2, 0.25) is 5.95 Å². The van der Waals surface area contributed by atoms with Crippen LogP contribution in [0, 0.1) is 0 Å². The van der Waals surface area contributed by atoms with Crippen molar-refractivity contribution >= 4 is 28.9 Å². The van der Waals surface area contributed by atoms with Gasteiger partial charge in [0.05, 0.1) is 6.61 Å². The fourth-order valence-corrected chi connectivity index (χ4v) is 4.46. The molecule has 2 aromatic heterocycles. The lowest BCUT2D eigenvalue weighted by atomic mass is 10.1. The molecule has 10 heteroatoms. The number of aliphatic hydroxyl groups is 3. The van der Waals surface area contributed by atoms with E-state index >= 15 is 0 Å². The van der Waals surface area contributed by atoms with Crippen molar-refractivity contribution in [2.24, 2.45) is 0 Å². The first-order valence-corrected chi connectivity index (χ1v) is 10.9. The zero-order valence-electron chi connectivity index (χ0n) is 16.1. The molecular weight excluding hydrogens is 406 g/mol. The average Bonchev–Trinajstić information content (AvgIpc) is 3.45. The second kappa shape index (κ2) is 8.12. The van der Waals surface area contributed by atoms with Crippen LogP contribution in [-0.2, 0) is 10.5 Å². The molecule has 1 saturated heterocycles. The van der Waals surface area contributed by atoms with Crippen molar-refractivity contribution in [3.8, 4) is 0 Å². The van der Waals surface area contributed by atoms with E-state index in [1.165, 1.54) is 11.9 Å². The van der Waals surface area contributed by atoms with Gasteiger partial charge >= 0.3 is 0 Å². The van der Waals surface area contributed by atoms with E-state index in [0.29, 0.717) is 23.2 Å². The third-order valence-corrected chi connectivity index (χ3v) is 6.39. The number of nitrogens with zero attached hydrogens (tertiary/aromatic N) is 4. The topological polar surface area (TPSA) is 126 Å². The van der Waals surface area contributed by atoms with Gasteiger partial charge in [0.25, 0.3) is 0 Å². The summed E-state index contributed by atoms with van der Waals surface area (Å²) in [7, 11) is 0. The fraction of sp³-hybridized carbons (Fsp3) is 0.450. The Labute approximate surface area is 177 Å². The number of fused-ring (bicyclic) bond motifs is 1. The Kier molecular flexibility index (Phi) is 5.34. The Bertz CT molecular complexity index is 1030. The monoisotopic (exact) mass is 429 g/mol. The Hall–Kier alpha value is -2.24. The van der Waals surface area contributed by atoms with Gasteiger partial charge in [0.15, 0.2) is 11.9 Å². The molecule has 1 aromatic carbocycles. The van der Waals surface area contributed by atoms with E-state index in [2.05, 4.69) is 27.4 Å². The predicted molar refractivity (Wildman–Crippen MR) is 111 cm³/mol. The molecule has 0 spiro atoms. The zero-order valence-corrected chi connectivity index (χ0v) is 16.9. The molecule has 4 atom stereocenters. The number of nitrogens with one attached hydrogen (secondary N) is 1. The molecule has 4 N–H and O–H groups in total. The minimum absolute atomic E-state index is 0.311. The van der Waals surface area contributed by atoms with Crippen LogP contribution in [0.2, 0.25) is 0 Å². The number of aliphatic hydroxyl groups excluding tert-OH is 3. The molecule has 158 valence electrons. The minimum atomic E-state index is -1.21. The Morgan fingerprint density at radius 3 is 2.63 bits per heavy atom. The molecule has 0 amide bonds. The first-order chi connectivity index (χ1) is 14.7. The van der Waals surface area contributed by atoms with Crippen LogP contribution in [0.15, 0.2) is 41.7 Å². The molecule has 4 unspecified atom stereocenters. The molecule has 1 aliphatic carbocycles. The number of thioether (sulfide) groups is 1. The maximum absolute atomic E-state index is 10.6. The second-order valence-electron chi connectivity index (χ2n) is 7.58. The average molecular weight is 430 g/mol. The van der Waals surface area contributed by atoms with Crippen molar-refractivity contribution in [1.82, 2.24) is 19.5 Å². The summed E-state index contributed by atoms with van der Waals surface area (Å²) in [6.07, 6.45) is -0.637. The van der Waals surface area contributed by atoms with Crippen molar-refractivity contribution in [2.45, 2.75) is 54.2 Å². The number of hydrogen-bond donors (Lipinski definition) is 4. The van der Waals surface area contributed by atoms with Crippen LogP contribution < -0.4 is 5.32 Å². The second-order valence-corrected chi connectivity index (χ2v) is 8.54. The molecule has 3 heterocycles. The van der Waals surface area contributed by atoms with Gasteiger partial charge in [-0.2, -0.15) is 0 Å². The summed E-state index contributed by atoms with van der Waals surface area (Å²) in [5.41, 5.74) is 2.30. The highest BCUT2D eigenvalue weighted by molar-refractivity contribution is 7.98. The highest BCUT2D eigenvalue weighted by Crippen LogP contribution is 2.37. The van der Waals surface area contributed by atoms with Crippen LogP contribution in [0.3, 0.4) is 0 Å². The number of imidazole rings is 1. The quantitative estimate of drug-likeness (QED) is 0.325. The van der Waals surface area contributed by atoms with E-state index in [1.807, 2.05) is 18.2 Å². The van der Waals surface area contributed by atoms with Crippen molar-refractivity contribution < 1.29 is 20.1 Å². The first-order valence-electron chi connectivity index (χ1n) is 9.94. The number of aromatic nitrogens is 4. The molecular formula is C20H23N5O4S. The van der Waals surface area contributed by atoms with Crippen LogP contribution in [-0.4, -0.2) is 65.8 Å². The predicted octanol–water partition coefficient (Wildman–Crippen LogP) is 1.30. The third-order valence-electron chi connectivity index (χ3n) is 5.34. The van der Waals surface area contributed by atoms with E-state index < -0.39 is 24.5 Å². The third kappa shape index (κ3) is 3.65. The highest BCUT2D eigenvalue weighted by atomic mass is 32.2. The summed E-state index contributed by atoms with van der Waals surface area (Å²) >= 11 is 1.56. The van der Waals surface area contributed by atoms with Gasteiger partial charge in [-0.15, -0.1) is 0 Å². The normalized spacial score (nSPS) is 26.4. The summed E-state index contributed by atoms with van der Waals surface area (Å²) in [6.45, 7) is -0.389. The molecule has 2 aliphatic rings. The SMILES string of the molecule is OCC1OC(n2c(NC3CC3)nc3c(SCc4ccccc4)ncnc32)C(O)C1O. The minimum Gasteiger partial charge on any atom is -0.394 e. The largest absolute Gasteiger partial charge is 0.394 e. The molecule has 0 radical (unpaired) electrons. The molecule has 2 fully saturated rings. The number of ether oxygens (including phenoxy) is 1. The number of hydrogen-bond acceptors (Lipinski definition) is 9. The van der Waals surface area contributed by atoms with Gasteiger partial charge in [-0.25, -0.2) is 15.0 Å². The molecule has 0 bridgehead atoms. The summed E-state index contributed by atoms with van der Waals surface area (Å²) < 4.78 is 7.44. The molecule has 5 rings (SSSR count). The lowest BCUT2D eigenvalue weighted by Crippen LogP contribution is -2.33. The number of rotatable bonds is 7. The van der Waals surface area contributed by atoms with E-state index in [1.54, 1.807) is 16.3 Å². The number of benzene rings is 1. The van der Waals surface area contributed by atoms with Crippen LogP contribution in [0.25, 0.3) is 11.2 Å². The lowest BCUT2D eigenvalue weighted by molar-refractivity contribution is -0.0501. The number of anilines is 1. The van der Waals surface area contributed by atoms with E-state index in [-0.39, 0.29) is 6.61 Å². The van der Waals surface area contributed by atoms with Gasteiger partial charge < -0.3 is 25.4 Å². The molecule has 3 aromatic rings. The Balaban J connectivity index is 1.52. The van der Waals surface area contributed by atoms with Gasteiger partial charge in [0, 0.05) is 11.8 Å². The van der Waals surface area contributed by atoms with Crippen LogP contribution in [0.5, 0.6) is 0 Å². The Morgan fingerprint density at radius 1 is 1.13 bits per heavy atom. The van der Waals surface area contributed by atoms with Crippen molar-refractivity contribution in [3.63, 3.8) is 0 Å². The smallest absolute Gasteiger partial charge is 0.207 e. The van der Waals surface area contributed by atoms with E-state index in [0.717, 1.165) is 23.6 Å². The van der Waals surface area contributed by atoms with Crippen molar-refractivity contribution in [2.75, 3.05) is 11.9 Å².